The number of para-hydroxylation sites is 1. The SMILES string of the molecule is Cc1c2c(=O)n(-c3ccccc3)n(Cc3ccc(Cl)cc3)c2cc(=O)n1CCc1cnc[nH]1.Cl. The third-order valence-electron chi connectivity index (χ3n) is 5.88. The van der Waals surface area contributed by atoms with E-state index in [9.17, 15) is 9.59 Å². The largest absolute Gasteiger partial charge is 0.348 e. The molecule has 5 rings (SSSR count). The Morgan fingerprint density at radius 2 is 1.76 bits per heavy atom. The maximum Gasteiger partial charge on any atom is 0.281 e. The summed E-state index contributed by atoms with van der Waals surface area (Å²) in [5, 5.41) is 1.18. The fraction of sp³-hybridized carbons (Fsp3) is 0.160. The third kappa shape index (κ3) is 4.32. The quantitative estimate of drug-likeness (QED) is 0.380. The molecule has 0 fully saturated rings. The second kappa shape index (κ2) is 9.75. The fourth-order valence-corrected chi connectivity index (χ4v) is 4.35. The summed E-state index contributed by atoms with van der Waals surface area (Å²) in [4.78, 5) is 33.9. The second-order valence-corrected chi connectivity index (χ2v) is 8.38. The summed E-state index contributed by atoms with van der Waals surface area (Å²) in [7, 11) is 0. The molecule has 0 aliphatic rings. The molecule has 0 amide bonds. The van der Waals surface area contributed by atoms with Crippen LogP contribution in [0.4, 0.5) is 0 Å². The van der Waals surface area contributed by atoms with Crippen molar-refractivity contribution in [2.45, 2.75) is 26.4 Å². The summed E-state index contributed by atoms with van der Waals surface area (Å²) in [5.41, 5.74) is 3.61. The predicted molar refractivity (Wildman–Crippen MR) is 137 cm³/mol. The average Bonchev–Trinajstić information content (AvgIpc) is 3.42. The van der Waals surface area contributed by atoms with E-state index in [1.165, 1.54) is 0 Å². The Hall–Kier alpha value is -3.55. The van der Waals surface area contributed by atoms with Crippen LogP contribution in [0.15, 0.2) is 82.8 Å². The van der Waals surface area contributed by atoms with Crippen LogP contribution in [0.1, 0.15) is 17.0 Å². The summed E-state index contributed by atoms with van der Waals surface area (Å²) in [6.45, 7) is 2.71. The minimum atomic E-state index is -0.155. The van der Waals surface area contributed by atoms with Gasteiger partial charge in [-0.3, -0.25) is 14.3 Å². The molecular formula is C25H23Cl2N5O2. The van der Waals surface area contributed by atoms with Gasteiger partial charge in [-0.2, -0.15) is 0 Å². The van der Waals surface area contributed by atoms with E-state index < -0.39 is 0 Å². The molecule has 0 unspecified atom stereocenters. The van der Waals surface area contributed by atoms with Crippen molar-refractivity contribution in [3.05, 3.63) is 116 Å². The van der Waals surface area contributed by atoms with Gasteiger partial charge in [0.2, 0.25) is 0 Å². The molecule has 34 heavy (non-hydrogen) atoms. The number of aromatic nitrogens is 5. The summed E-state index contributed by atoms with van der Waals surface area (Å²) >= 11 is 6.05. The molecule has 0 saturated heterocycles. The van der Waals surface area contributed by atoms with Gasteiger partial charge in [-0.1, -0.05) is 41.9 Å². The van der Waals surface area contributed by atoms with Crippen LogP contribution in [-0.4, -0.2) is 23.9 Å². The second-order valence-electron chi connectivity index (χ2n) is 7.94. The molecule has 174 valence electrons. The van der Waals surface area contributed by atoms with Gasteiger partial charge in [0.1, 0.15) is 0 Å². The highest BCUT2D eigenvalue weighted by molar-refractivity contribution is 6.30. The van der Waals surface area contributed by atoms with E-state index >= 15 is 0 Å². The Morgan fingerprint density at radius 3 is 2.44 bits per heavy atom. The van der Waals surface area contributed by atoms with Gasteiger partial charge in [0, 0.05) is 41.6 Å². The first kappa shape index (κ1) is 23.6. The van der Waals surface area contributed by atoms with Gasteiger partial charge in [-0.05, 0) is 36.8 Å². The number of aromatic amines is 1. The molecule has 0 aliphatic carbocycles. The molecule has 7 nitrogen and oxygen atoms in total. The van der Waals surface area contributed by atoms with Crippen LogP contribution in [0.5, 0.6) is 0 Å². The van der Waals surface area contributed by atoms with Crippen LogP contribution in [-0.2, 0) is 19.5 Å². The highest BCUT2D eigenvalue weighted by atomic mass is 35.5. The number of hydrogen-bond donors (Lipinski definition) is 1. The molecule has 0 spiro atoms. The Labute approximate surface area is 206 Å². The van der Waals surface area contributed by atoms with E-state index in [4.69, 9.17) is 11.6 Å². The van der Waals surface area contributed by atoms with Crippen molar-refractivity contribution < 1.29 is 0 Å². The van der Waals surface area contributed by atoms with Gasteiger partial charge in [0.25, 0.3) is 11.1 Å². The van der Waals surface area contributed by atoms with Crippen LogP contribution in [0, 0.1) is 6.92 Å². The number of nitrogens with zero attached hydrogens (tertiary/aromatic N) is 4. The van der Waals surface area contributed by atoms with Crippen molar-refractivity contribution in [3.63, 3.8) is 0 Å². The molecule has 1 N–H and O–H groups in total. The van der Waals surface area contributed by atoms with E-state index in [1.807, 2.05) is 66.2 Å². The maximum absolute atomic E-state index is 13.7. The molecule has 3 aromatic heterocycles. The first-order valence-corrected chi connectivity index (χ1v) is 11.0. The molecule has 5 aromatic rings. The van der Waals surface area contributed by atoms with Gasteiger partial charge < -0.3 is 9.55 Å². The average molecular weight is 496 g/mol. The van der Waals surface area contributed by atoms with Gasteiger partial charge in [-0.15, -0.1) is 12.4 Å². The van der Waals surface area contributed by atoms with Gasteiger partial charge in [0.05, 0.1) is 29.5 Å². The Kier molecular flexibility index (Phi) is 6.77. The normalized spacial score (nSPS) is 11.0. The van der Waals surface area contributed by atoms with E-state index in [2.05, 4.69) is 9.97 Å². The van der Waals surface area contributed by atoms with E-state index in [0.29, 0.717) is 41.1 Å². The van der Waals surface area contributed by atoms with Crippen LogP contribution in [0.3, 0.4) is 0 Å². The Morgan fingerprint density at radius 1 is 1.03 bits per heavy atom. The lowest BCUT2D eigenvalue weighted by molar-refractivity contribution is 0.611. The van der Waals surface area contributed by atoms with Crippen molar-refractivity contribution >= 4 is 34.9 Å². The lowest BCUT2D eigenvalue weighted by Gasteiger charge is -2.14. The monoisotopic (exact) mass is 495 g/mol. The van der Waals surface area contributed by atoms with E-state index in [0.717, 1.165) is 16.9 Å². The number of aryl methyl sites for hydroxylation is 2. The van der Waals surface area contributed by atoms with Gasteiger partial charge in [0.15, 0.2) is 0 Å². The first-order valence-electron chi connectivity index (χ1n) is 10.7. The molecule has 0 saturated carbocycles. The van der Waals surface area contributed by atoms with Gasteiger partial charge in [-0.25, -0.2) is 9.67 Å². The summed E-state index contributed by atoms with van der Waals surface area (Å²) < 4.78 is 5.17. The molecule has 2 aromatic carbocycles. The summed E-state index contributed by atoms with van der Waals surface area (Å²) in [6.07, 6.45) is 3.97. The number of pyridine rings is 1. The molecular weight excluding hydrogens is 473 g/mol. The number of fused-ring (bicyclic) bond motifs is 1. The number of rotatable bonds is 6. The summed E-state index contributed by atoms with van der Waals surface area (Å²) in [6, 6.07) is 18.5. The van der Waals surface area contributed by atoms with Crippen LogP contribution in [0.2, 0.25) is 5.02 Å². The van der Waals surface area contributed by atoms with E-state index in [-0.39, 0.29) is 23.5 Å². The third-order valence-corrected chi connectivity index (χ3v) is 6.13. The molecule has 0 aliphatic heterocycles. The highest BCUT2D eigenvalue weighted by Crippen LogP contribution is 2.20. The van der Waals surface area contributed by atoms with Crippen molar-refractivity contribution in [3.8, 4) is 5.69 Å². The van der Waals surface area contributed by atoms with E-state index in [1.54, 1.807) is 27.8 Å². The Balaban J connectivity index is 0.00000274. The standard InChI is InChI=1S/C25H22ClN5O2.ClH/c1-17-24-22(13-23(32)29(17)12-11-20-14-27-16-28-20)30(15-18-7-9-19(26)10-8-18)31(25(24)33)21-5-3-2-4-6-21;/h2-10,13-14,16H,11-12,15H2,1H3,(H,27,28);1H. The zero-order chi connectivity index (χ0) is 22.9. The molecule has 9 heteroatoms. The lowest BCUT2D eigenvalue weighted by atomic mass is 10.2. The predicted octanol–water partition coefficient (Wildman–Crippen LogP) is 4.35. The van der Waals surface area contributed by atoms with Crippen LogP contribution >= 0.6 is 24.0 Å². The fourth-order valence-electron chi connectivity index (χ4n) is 4.22. The Bertz CT molecular complexity index is 1530. The van der Waals surface area contributed by atoms with Crippen molar-refractivity contribution in [2.75, 3.05) is 0 Å². The van der Waals surface area contributed by atoms with Crippen LogP contribution < -0.4 is 11.1 Å². The lowest BCUT2D eigenvalue weighted by Crippen LogP contribution is -2.24. The number of benzene rings is 2. The molecule has 0 bridgehead atoms. The smallest absolute Gasteiger partial charge is 0.281 e. The van der Waals surface area contributed by atoms with Crippen molar-refractivity contribution in [1.29, 1.82) is 0 Å². The number of halogens is 2. The summed E-state index contributed by atoms with van der Waals surface area (Å²) in [5.74, 6) is 0. The van der Waals surface area contributed by atoms with Gasteiger partial charge >= 0.3 is 0 Å². The minimum Gasteiger partial charge on any atom is -0.348 e. The van der Waals surface area contributed by atoms with Crippen molar-refractivity contribution in [2.24, 2.45) is 0 Å². The first-order chi connectivity index (χ1) is 16.0. The zero-order valence-corrected chi connectivity index (χ0v) is 20.0. The minimum absolute atomic E-state index is 0. The molecule has 3 heterocycles. The number of nitrogens with one attached hydrogen (secondary N) is 1. The highest BCUT2D eigenvalue weighted by Gasteiger charge is 2.20. The number of hydrogen-bond acceptors (Lipinski definition) is 3. The molecule has 0 atom stereocenters. The molecule has 0 radical (unpaired) electrons. The topological polar surface area (TPSA) is 77.6 Å². The number of imidazole rings is 1. The van der Waals surface area contributed by atoms with Crippen molar-refractivity contribution in [1.82, 2.24) is 23.9 Å². The maximum atomic E-state index is 13.7. The zero-order valence-electron chi connectivity index (χ0n) is 18.4. The number of H-pyrrole nitrogens is 1. The van der Waals surface area contributed by atoms with Crippen LogP contribution in [0.25, 0.3) is 16.6 Å².